The molecule has 0 radical (unpaired) electrons. The number of carbonyl (C=O) groups excluding carboxylic acids is 1. The predicted octanol–water partition coefficient (Wildman–Crippen LogP) is -0.255. The van der Waals surface area contributed by atoms with Crippen LogP contribution in [0.2, 0.25) is 0 Å². The Balaban J connectivity index is 3.78. The Kier molecular flexibility index (Phi) is 7.35. The van der Waals surface area contributed by atoms with Gasteiger partial charge in [0.25, 0.3) is 0 Å². The second-order valence-corrected chi connectivity index (χ2v) is 3.25. The Morgan fingerprint density at radius 3 is 2.53 bits per heavy atom. The zero-order chi connectivity index (χ0) is 11.7. The van der Waals surface area contributed by atoms with Crippen LogP contribution in [0.3, 0.4) is 0 Å². The van der Waals surface area contributed by atoms with Gasteiger partial charge in [0.15, 0.2) is 0 Å². The largest absolute Gasteiger partial charge is 0.481 e. The third-order valence-electron chi connectivity index (χ3n) is 1.93. The molecule has 88 valence electrons. The number of hydrogen-bond donors (Lipinski definition) is 4. The fourth-order valence-electron chi connectivity index (χ4n) is 1.13. The first kappa shape index (κ1) is 13.7. The highest BCUT2D eigenvalue weighted by molar-refractivity contribution is 5.75. The normalized spacial score (nSPS) is 11.9. The first-order valence-electron chi connectivity index (χ1n) is 5.06. The lowest BCUT2D eigenvalue weighted by atomic mass is 10.0. The molecule has 0 aliphatic heterocycles. The van der Waals surface area contributed by atoms with E-state index in [2.05, 4.69) is 10.6 Å². The van der Waals surface area contributed by atoms with Crippen LogP contribution in [0.15, 0.2) is 0 Å². The number of nitrogens with two attached hydrogens (primary N) is 1. The number of hydrogen-bond acceptors (Lipinski definition) is 3. The zero-order valence-electron chi connectivity index (χ0n) is 8.95. The van der Waals surface area contributed by atoms with Crippen molar-refractivity contribution in [3.8, 4) is 0 Å². The molecule has 0 rings (SSSR count). The summed E-state index contributed by atoms with van der Waals surface area (Å²) in [6.45, 7) is 2.81. The lowest BCUT2D eigenvalue weighted by Crippen LogP contribution is -2.41. The molecule has 0 saturated heterocycles. The molecule has 0 fully saturated rings. The Morgan fingerprint density at radius 1 is 1.40 bits per heavy atom. The van der Waals surface area contributed by atoms with E-state index in [1.807, 2.05) is 6.92 Å². The van der Waals surface area contributed by atoms with Gasteiger partial charge in [-0.1, -0.05) is 13.3 Å². The summed E-state index contributed by atoms with van der Waals surface area (Å²) in [6.07, 6.45) is 1.34. The lowest BCUT2D eigenvalue weighted by Gasteiger charge is -2.12. The van der Waals surface area contributed by atoms with Crippen molar-refractivity contribution in [3.63, 3.8) is 0 Å². The number of urea groups is 1. The van der Waals surface area contributed by atoms with Crippen molar-refractivity contribution in [1.29, 1.82) is 0 Å². The lowest BCUT2D eigenvalue weighted by molar-refractivity contribution is -0.141. The molecule has 1 atom stereocenters. The van der Waals surface area contributed by atoms with Crippen LogP contribution >= 0.6 is 0 Å². The van der Waals surface area contributed by atoms with Crippen LogP contribution in [0.25, 0.3) is 0 Å². The number of amides is 2. The molecule has 0 heterocycles. The molecule has 0 aromatic carbocycles. The summed E-state index contributed by atoms with van der Waals surface area (Å²) in [5.74, 6) is -1.39. The molecule has 0 aromatic rings. The Morgan fingerprint density at radius 2 is 2.07 bits per heavy atom. The zero-order valence-corrected chi connectivity index (χ0v) is 8.95. The number of carbonyl (C=O) groups is 2. The molecular weight excluding hydrogens is 198 g/mol. The second kappa shape index (κ2) is 8.05. The number of aliphatic carboxylic acids is 1. The molecular formula is C9H19N3O3. The Bertz CT molecular complexity index is 209. The predicted molar refractivity (Wildman–Crippen MR) is 56.5 cm³/mol. The van der Waals surface area contributed by atoms with E-state index in [1.165, 1.54) is 0 Å². The van der Waals surface area contributed by atoms with E-state index in [1.54, 1.807) is 0 Å². The van der Waals surface area contributed by atoms with Crippen LogP contribution in [0.1, 0.15) is 19.8 Å². The molecule has 15 heavy (non-hydrogen) atoms. The quantitative estimate of drug-likeness (QED) is 0.471. The highest BCUT2D eigenvalue weighted by Crippen LogP contribution is 2.04. The third-order valence-corrected chi connectivity index (χ3v) is 1.93. The summed E-state index contributed by atoms with van der Waals surface area (Å²) >= 11 is 0. The van der Waals surface area contributed by atoms with Crippen molar-refractivity contribution < 1.29 is 14.7 Å². The first-order chi connectivity index (χ1) is 7.11. The van der Waals surface area contributed by atoms with E-state index in [0.29, 0.717) is 19.5 Å². The number of rotatable bonds is 7. The van der Waals surface area contributed by atoms with Crippen LogP contribution in [0, 0.1) is 5.92 Å². The van der Waals surface area contributed by atoms with Crippen LogP contribution in [0.4, 0.5) is 4.79 Å². The van der Waals surface area contributed by atoms with Crippen molar-refractivity contribution in [2.24, 2.45) is 11.7 Å². The molecule has 2 amide bonds. The highest BCUT2D eigenvalue weighted by Gasteiger charge is 2.16. The van der Waals surface area contributed by atoms with Gasteiger partial charge < -0.3 is 21.5 Å². The van der Waals surface area contributed by atoms with Gasteiger partial charge in [0.2, 0.25) is 0 Å². The highest BCUT2D eigenvalue weighted by atomic mass is 16.4. The molecule has 0 aliphatic rings. The minimum Gasteiger partial charge on any atom is -0.481 e. The van der Waals surface area contributed by atoms with Gasteiger partial charge in [0, 0.05) is 19.6 Å². The molecule has 0 saturated carbocycles. The van der Waals surface area contributed by atoms with E-state index < -0.39 is 11.9 Å². The number of carboxylic acid groups (broad SMARTS) is 1. The molecule has 5 N–H and O–H groups in total. The van der Waals surface area contributed by atoms with Crippen LogP contribution < -0.4 is 16.4 Å². The fourth-order valence-corrected chi connectivity index (χ4v) is 1.13. The number of nitrogens with one attached hydrogen (secondary N) is 2. The molecule has 1 unspecified atom stereocenters. The summed E-state index contributed by atoms with van der Waals surface area (Å²) in [4.78, 5) is 21.8. The maximum Gasteiger partial charge on any atom is 0.314 e. The SMILES string of the molecule is CCCC(CNC(=O)NCCN)C(=O)O. The van der Waals surface area contributed by atoms with Gasteiger partial charge in [0.05, 0.1) is 5.92 Å². The second-order valence-electron chi connectivity index (χ2n) is 3.25. The fraction of sp³-hybridized carbons (Fsp3) is 0.778. The standard InChI is InChI=1S/C9H19N3O3/c1-2-3-7(8(13)14)6-12-9(15)11-5-4-10/h7H,2-6,10H2,1H3,(H,13,14)(H2,11,12,15). The van der Waals surface area contributed by atoms with Gasteiger partial charge in [-0.2, -0.15) is 0 Å². The van der Waals surface area contributed by atoms with Crippen molar-refractivity contribution in [2.45, 2.75) is 19.8 Å². The van der Waals surface area contributed by atoms with Crippen molar-refractivity contribution in [3.05, 3.63) is 0 Å². The van der Waals surface area contributed by atoms with E-state index >= 15 is 0 Å². The number of carboxylic acids is 1. The summed E-state index contributed by atoms with van der Waals surface area (Å²) in [5.41, 5.74) is 5.19. The van der Waals surface area contributed by atoms with Gasteiger partial charge in [-0.15, -0.1) is 0 Å². The van der Waals surface area contributed by atoms with Gasteiger partial charge in [-0.05, 0) is 6.42 Å². The maximum absolute atomic E-state index is 11.1. The molecule has 0 spiro atoms. The summed E-state index contributed by atoms with van der Waals surface area (Å²) in [6, 6.07) is -0.372. The summed E-state index contributed by atoms with van der Waals surface area (Å²) < 4.78 is 0. The average Bonchev–Trinajstić information content (AvgIpc) is 2.20. The molecule has 0 aromatic heterocycles. The van der Waals surface area contributed by atoms with Crippen LogP contribution in [-0.4, -0.2) is 36.7 Å². The molecule has 0 aliphatic carbocycles. The van der Waals surface area contributed by atoms with Crippen molar-refractivity contribution in [1.82, 2.24) is 10.6 Å². The molecule has 0 bridgehead atoms. The topological polar surface area (TPSA) is 104 Å². The summed E-state index contributed by atoms with van der Waals surface area (Å²) in [5, 5.41) is 13.8. The smallest absolute Gasteiger partial charge is 0.314 e. The minimum absolute atomic E-state index is 0.152. The van der Waals surface area contributed by atoms with E-state index in [9.17, 15) is 9.59 Å². The average molecular weight is 217 g/mol. The van der Waals surface area contributed by atoms with Gasteiger partial charge in [-0.25, -0.2) is 4.79 Å². The Labute approximate surface area is 89.2 Å². The van der Waals surface area contributed by atoms with Crippen LogP contribution in [-0.2, 0) is 4.79 Å². The van der Waals surface area contributed by atoms with E-state index in [4.69, 9.17) is 10.8 Å². The Hall–Kier alpha value is -1.30. The van der Waals surface area contributed by atoms with Crippen LogP contribution in [0.5, 0.6) is 0 Å². The summed E-state index contributed by atoms with van der Waals surface area (Å²) in [7, 11) is 0. The van der Waals surface area contributed by atoms with E-state index in [0.717, 1.165) is 6.42 Å². The molecule has 6 heteroatoms. The third kappa shape index (κ3) is 6.73. The van der Waals surface area contributed by atoms with E-state index in [-0.39, 0.29) is 12.6 Å². The van der Waals surface area contributed by atoms with Crippen molar-refractivity contribution in [2.75, 3.05) is 19.6 Å². The van der Waals surface area contributed by atoms with Gasteiger partial charge in [-0.3, -0.25) is 4.79 Å². The van der Waals surface area contributed by atoms with Gasteiger partial charge in [0.1, 0.15) is 0 Å². The minimum atomic E-state index is -0.879. The van der Waals surface area contributed by atoms with Gasteiger partial charge >= 0.3 is 12.0 Å². The first-order valence-corrected chi connectivity index (χ1v) is 5.06. The maximum atomic E-state index is 11.1. The molecule has 6 nitrogen and oxygen atoms in total. The monoisotopic (exact) mass is 217 g/mol. The van der Waals surface area contributed by atoms with Crippen molar-refractivity contribution >= 4 is 12.0 Å².